The molecule has 2 unspecified atom stereocenters. The molecule has 10 nitrogen and oxygen atoms in total. The van der Waals surface area contributed by atoms with Gasteiger partial charge in [0.1, 0.15) is 12.1 Å². The van der Waals surface area contributed by atoms with Gasteiger partial charge in [0.15, 0.2) is 0 Å². The largest absolute Gasteiger partial charge is 0.346 e. The Bertz CT molecular complexity index is 1070. The maximum absolute atomic E-state index is 14.4. The van der Waals surface area contributed by atoms with Crippen molar-refractivity contribution in [3.8, 4) is 0 Å². The predicted molar refractivity (Wildman–Crippen MR) is 178 cm³/mol. The first-order valence-electron chi connectivity index (χ1n) is 16.7. The van der Waals surface area contributed by atoms with Crippen LogP contribution < -0.4 is 21.3 Å². The molecule has 1 aliphatic heterocycles. The average Bonchev–Trinajstić information content (AvgIpc) is 3.41. The van der Waals surface area contributed by atoms with Crippen LogP contribution in [0.1, 0.15) is 106 Å². The van der Waals surface area contributed by atoms with Gasteiger partial charge in [-0.15, -0.1) is 13.2 Å². The van der Waals surface area contributed by atoms with Crippen LogP contribution in [0.15, 0.2) is 25.3 Å². The number of carbonyl (C=O) groups is 5. The summed E-state index contributed by atoms with van der Waals surface area (Å²) in [7, 11) is 0. The fourth-order valence-electron chi connectivity index (χ4n) is 7.20. The molecule has 0 aromatic carbocycles. The van der Waals surface area contributed by atoms with E-state index in [-0.39, 0.29) is 42.0 Å². The molecule has 2 rings (SSSR count). The normalized spacial score (nSPS) is 20.6. The smallest absolute Gasteiger partial charge is 0.315 e. The van der Waals surface area contributed by atoms with Crippen molar-refractivity contribution >= 4 is 29.5 Å². The second kappa shape index (κ2) is 16.9. The second-order valence-corrected chi connectivity index (χ2v) is 15.1. The van der Waals surface area contributed by atoms with Crippen molar-refractivity contribution in [1.82, 2.24) is 26.2 Å². The van der Waals surface area contributed by atoms with Gasteiger partial charge in [-0.25, -0.2) is 4.79 Å². The van der Waals surface area contributed by atoms with Crippen molar-refractivity contribution in [3.63, 3.8) is 0 Å². The van der Waals surface area contributed by atoms with Crippen molar-refractivity contribution in [2.75, 3.05) is 13.1 Å². The van der Waals surface area contributed by atoms with Crippen molar-refractivity contribution < 1.29 is 24.0 Å². The van der Waals surface area contributed by atoms with Gasteiger partial charge in [0.2, 0.25) is 17.6 Å². The molecule has 0 bridgehead atoms. The van der Waals surface area contributed by atoms with Crippen LogP contribution in [0.25, 0.3) is 0 Å². The summed E-state index contributed by atoms with van der Waals surface area (Å²) in [4.78, 5) is 69.0. The number of likely N-dealkylation sites (tertiary alicyclic amines) is 1. The number of hydrogen-bond acceptors (Lipinski definition) is 5. The van der Waals surface area contributed by atoms with Gasteiger partial charge in [-0.3, -0.25) is 19.2 Å². The monoisotopic (exact) mass is 629 g/mol. The van der Waals surface area contributed by atoms with Gasteiger partial charge < -0.3 is 26.2 Å². The molecule has 254 valence electrons. The maximum atomic E-state index is 14.4. The number of carbonyl (C=O) groups excluding carboxylic acids is 5. The lowest BCUT2D eigenvalue weighted by molar-refractivity contribution is -0.144. The maximum Gasteiger partial charge on any atom is 0.315 e. The highest BCUT2D eigenvalue weighted by Gasteiger charge is 2.47. The number of rotatable bonds is 15. The number of nitrogens with one attached hydrogen (secondary N) is 4. The van der Waals surface area contributed by atoms with Crippen LogP contribution in [-0.4, -0.2) is 71.2 Å². The number of ketones is 1. The molecule has 0 aromatic rings. The van der Waals surface area contributed by atoms with Gasteiger partial charge in [0, 0.05) is 18.6 Å². The van der Waals surface area contributed by atoms with E-state index in [4.69, 9.17) is 0 Å². The molecular formula is C35H59N5O5. The lowest BCUT2D eigenvalue weighted by Crippen LogP contribution is -2.61. The average molecular weight is 630 g/mol. The van der Waals surface area contributed by atoms with E-state index in [1.54, 1.807) is 11.0 Å². The molecule has 1 heterocycles. The van der Waals surface area contributed by atoms with Crippen LogP contribution in [0.2, 0.25) is 0 Å². The minimum Gasteiger partial charge on any atom is -0.346 e. The molecule has 0 aromatic heterocycles. The van der Waals surface area contributed by atoms with Gasteiger partial charge >= 0.3 is 6.03 Å². The third-order valence-electron chi connectivity index (χ3n) is 8.87. The number of hydrogen-bond donors (Lipinski definition) is 4. The van der Waals surface area contributed by atoms with E-state index in [1.165, 1.54) is 6.08 Å². The molecule has 2 fully saturated rings. The molecule has 5 amide bonds. The Morgan fingerprint density at radius 1 is 0.911 bits per heavy atom. The van der Waals surface area contributed by atoms with Gasteiger partial charge in [-0.2, -0.15) is 0 Å². The molecule has 45 heavy (non-hydrogen) atoms. The first-order valence-corrected chi connectivity index (χ1v) is 16.7. The number of amides is 5. The number of Topliss-reactive ketones (excluding diaryl/α,β-unsaturated/α-hetero) is 1. The SMILES string of the molecule is C=CCCC(NC(=O)[C@@H]1C(C(C)C)CCN1C(=O)[C@@H](NC(=O)NC(C)(C)CC(C)(C)C)C1CCCCC1)C(=O)C(=O)NCC=C. The fourth-order valence-corrected chi connectivity index (χ4v) is 7.20. The summed E-state index contributed by atoms with van der Waals surface area (Å²) in [5.74, 6) is -2.39. The van der Waals surface area contributed by atoms with E-state index in [0.29, 0.717) is 19.4 Å². The first kappa shape index (κ1) is 38.0. The van der Waals surface area contributed by atoms with Crippen LogP contribution in [0.3, 0.4) is 0 Å². The molecule has 10 heteroatoms. The third-order valence-corrected chi connectivity index (χ3v) is 8.87. The van der Waals surface area contributed by atoms with Crippen LogP contribution in [0.4, 0.5) is 4.79 Å². The Hall–Kier alpha value is -3.17. The summed E-state index contributed by atoms with van der Waals surface area (Å²) in [6.45, 7) is 22.1. The molecule has 4 atom stereocenters. The summed E-state index contributed by atoms with van der Waals surface area (Å²) in [6.07, 6.45) is 9.78. The molecule has 1 saturated heterocycles. The van der Waals surface area contributed by atoms with E-state index >= 15 is 0 Å². The fraction of sp³-hybridized carbons (Fsp3) is 0.743. The topological polar surface area (TPSA) is 137 Å². The summed E-state index contributed by atoms with van der Waals surface area (Å²) < 4.78 is 0. The lowest BCUT2D eigenvalue weighted by atomic mass is 9.81. The molecule has 1 saturated carbocycles. The van der Waals surface area contributed by atoms with Crippen molar-refractivity contribution in [2.45, 2.75) is 130 Å². The molecule has 2 aliphatic rings. The standard InChI is InChI=1S/C35H59N5O5/c1-10-12-18-26(29(41)31(43)36-20-11-2)37-30(42)28-25(23(3)4)19-21-40(28)32(44)27(24-16-14-13-15-17-24)38-33(45)39-35(8,9)22-34(5,6)7/h10-11,23-28H,1-2,12-22H2,3-9H3,(H,36,43)(H,37,42)(H2,38,39,45)/t25?,26?,27-,28-/m0/s1. The zero-order valence-corrected chi connectivity index (χ0v) is 28.8. The highest BCUT2D eigenvalue weighted by Crippen LogP contribution is 2.34. The van der Waals surface area contributed by atoms with Crippen LogP contribution in [0.5, 0.6) is 0 Å². The highest BCUT2D eigenvalue weighted by molar-refractivity contribution is 6.38. The van der Waals surface area contributed by atoms with Gasteiger partial charge in [0.05, 0.1) is 6.04 Å². The number of allylic oxidation sites excluding steroid dienone is 1. The molecule has 0 radical (unpaired) electrons. The molecular weight excluding hydrogens is 570 g/mol. The van der Waals surface area contributed by atoms with Crippen LogP contribution >= 0.6 is 0 Å². The Morgan fingerprint density at radius 2 is 1.56 bits per heavy atom. The van der Waals surface area contributed by atoms with E-state index in [9.17, 15) is 24.0 Å². The predicted octanol–water partition coefficient (Wildman–Crippen LogP) is 4.64. The summed E-state index contributed by atoms with van der Waals surface area (Å²) in [6, 6.07) is -3.07. The Labute approximate surface area is 271 Å². The summed E-state index contributed by atoms with van der Waals surface area (Å²) >= 11 is 0. The van der Waals surface area contributed by atoms with Crippen molar-refractivity contribution in [2.24, 2.45) is 23.2 Å². The van der Waals surface area contributed by atoms with E-state index in [0.717, 1.165) is 38.5 Å². The molecule has 1 aliphatic carbocycles. The Morgan fingerprint density at radius 3 is 2.11 bits per heavy atom. The van der Waals surface area contributed by atoms with Gasteiger partial charge in [-0.1, -0.05) is 66.0 Å². The quantitative estimate of drug-likeness (QED) is 0.155. The molecule has 0 spiro atoms. The van der Waals surface area contributed by atoms with E-state index in [1.807, 2.05) is 27.7 Å². The second-order valence-electron chi connectivity index (χ2n) is 15.1. The van der Waals surface area contributed by atoms with Gasteiger partial charge in [0.25, 0.3) is 5.91 Å². The number of urea groups is 1. The van der Waals surface area contributed by atoms with Crippen LogP contribution in [-0.2, 0) is 19.2 Å². The number of nitrogens with zero attached hydrogens (tertiary/aromatic N) is 1. The molecule has 4 N–H and O–H groups in total. The van der Waals surface area contributed by atoms with E-state index in [2.05, 4.69) is 55.2 Å². The van der Waals surface area contributed by atoms with Gasteiger partial charge in [-0.05, 0) is 75.5 Å². The highest BCUT2D eigenvalue weighted by atomic mass is 16.2. The zero-order chi connectivity index (χ0) is 33.9. The zero-order valence-electron chi connectivity index (χ0n) is 28.8. The van der Waals surface area contributed by atoms with Crippen molar-refractivity contribution in [1.29, 1.82) is 0 Å². The summed E-state index contributed by atoms with van der Waals surface area (Å²) in [5.41, 5.74) is -0.499. The third kappa shape index (κ3) is 11.6. The minimum absolute atomic E-state index is 0.00535. The Kier molecular flexibility index (Phi) is 14.3. The van der Waals surface area contributed by atoms with Crippen molar-refractivity contribution in [3.05, 3.63) is 25.3 Å². The Balaban J connectivity index is 2.36. The first-order chi connectivity index (χ1) is 21.0. The minimum atomic E-state index is -1.06. The summed E-state index contributed by atoms with van der Waals surface area (Å²) in [5, 5.41) is 11.4. The lowest BCUT2D eigenvalue weighted by Gasteiger charge is -2.37. The van der Waals surface area contributed by atoms with Crippen LogP contribution in [0, 0.1) is 23.2 Å². The van der Waals surface area contributed by atoms with E-state index < -0.39 is 47.3 Å².